The normalized spacial score (nSPS) is 18.0. The van der Waals surface area contributed by atoms with Gasteiger partial charge in [0, 0.05) is 32.6 Å². The molecule has 1 atom stereocenters. The largest absolute Gasteiger partial charge is 0.497 e. The Labute approximate surface area is 219 Å². The van der Waals surface area contributed by atoms with E-state index in [9.17, 15) is 9.59 Å². The molecule has 0 spiro atoms. The van der Waals surface area contributed by atoms with Crippen molar-refractivity contribution < 1.29 is 23.5 Å². The highest BCUT2D eigenvalue weighted by atomic mass is 32.1. The molecule has 0 unspecified atom stereocenters. The molecule has 194 valence electrons. The predicted molar refractivity (Wildman–Crippen MR) is 140 cm³/mol. The molecule has 1 fully saturated rings. The number of amides is 2. The van der Waals surface area contributed by atoms with Crippen LogP contribution in [0.2, 0.25) is 0 Å². The molecular weight excluding hydrogens is 492 g/mol. The Morgan fingerprint density at radius 3 is 2.62 bits per heavy atom. The molecule has 3 aromatic rings. The summed E-state index contributed by atoms with van der Waals surface area (Å²) in [5.41, 5.74) is 1.69. The topological polar surface area (TPSA) is 87.8 Å². The standard InChI is InChI=1S/C27H30N4O5S/c1-34-21-8-6-20(7-9-21)22-18-23(24-4-2-14-36-24)31(28-22)26(32)19-30(27(33)25-5-3-17-37-25)11-10-29-12-15-35-16-13-29/h2-9,14,17,23H,10-13,15-16,18-19H2,1H3/t23-/m0/s1. The maximum absolute atomic E-state index is 13.7. The number of benzene rings is 1. The minimum absolute atomic E-state index is 0.0718. The quantitative estimate of drug-likeness (QED) is 0.428. The van der Waals surface area contributed by atoms with Crippen LogP contribution in [0.15, 0.2) is 69.7 Å². The minimum atomic E-state index is -0.377. The first-order chi connectivity index (χ1) is 18.1. The number of hydrazone groups is 1. The Balaban J connectivity index is 1.36. The van der Waals surface area contributed by atoms with Crippen molar-refractivity contribution in [2.45, 2.75) is 12.5 Å². The van der Waals surface area contributed by atoms with E-state index in [4.69, 9.17) is 19.0 Å². The van der Waals surface area contributed by atoms with E-state index < -0.39 is 0 Å². The van der Waals surface area contributed by atoms with Gasteiger partial charge in [-0.3, -0.25) is 14.5 Å². The Hall–Kier alpha value is -3.47. The average molecular weight is 523 g/mol. The summed E-state index contributed by atoms with van der Waals surface area (Å²) in [5.74, 6) is 1.01. The van der Waals surface area contributed by atoms with Crippen LogP contribution in [0.4, 0.5) is 0 Å². The van der Waals surface area contributed by atoms with Gasteiger partial charge >= 0.3 is 0 Å². The summed E-state index contributed by atoms with van der Waals surface area (Å²) in [7, 11) is 1.62. The van der Waals surface area contributed by atoms with E-state index in [1.165, 1.54) is 16.3 Å². The highest BCUT2D eigenvalue weighted by Crippen LogP contribution is 2.33. The van der Waals surface area contributed by atoms with Crippen LogP contribution in [0.3, 0.4) is 0 Å². The maximum Gasteiger partial charge on any atom is 0.264 e. The van der Waals surface area contributed by atoms with Crippen LogP contribution < -0.4 is 4.74 Å². The first-order valence-electron chi connectivity index (χ1n) is 12.3. The van der Waals surface area contributed by atoms with Crippen molar-refractivity contribution in [3.63, 3.8) is 0 Å². The first kappa shape index (κ1) is 25.2. The molecule has 10 heteroatoms. The van der Waals surface area contributed by atoms with E-state index in [-0.39, 0.29) is 24.4 Å². The molecular formula is C27H30N4O5S. The van der Waals surface area contributed by atoms with Crippen LogP contribution in [-0.4, -0.2) is 85.4 Å². The molecule has 2 aromatic heterocycles. The van der Waals surface area contributed by atoms with Crippen molar-refractivity contribution in [3.05, 3.63) is 76.4 Å². The molecule has 37 heavy (non-hydrogen) atoms. The van der Waals surface area contributed by atoms with Gasteiger partial charge in [-0.2, -0.15) is 5.10 Å². The van der Waals surface area contributed by atoms with Gasteiger partial charge in [0.15, 0.2) is 0 Å². The summed E-state index contributed by atoms with van der Waals surface area (Å²) in [4.78, 5) is 31.5. The van der Waals surface area contributed by atoms with Crippen LogP contribution in [0.25, 0.3) is 0 Å². The van der Waals surface area contributed by atoms with Gasteiger partial charge in [0.25, 0.3) is 11.8 Å². The summed E-state index contributed by atoms with van der Waals surface area (Å²) < 4.78 is 16.4. The second kappa shape index (κ2) is 11.7. The van der Waals surface area contributed by atoms with E-state index in [1.54, 1.807) is 30.4 Å². The lowest BCUT2D eigenvalue weighted by molar-refractivity contribution is -0.134. The van der Waals surface area contributed by atoms with Crippen molar-refractivity contribution in [1.82, 2.24) is 14.8 Å². The third kappa shape index (κ3) is 5.93. The van der Waals surface area contributed by atoms with Crippen molar-refractivity contribution in [3.8, 4) is 5.75 Å². The molecule has 5 rings (SSSR count). The fraction of sp³-hybridized carbons (Fsp3) is 0.370. The molecule has 2 amide bonds. The molecule has 0 N–H and O–H groups in total. The monoisotopic (exact) mass is 522 g/mol. The molecule has 4 heterocycles. The zero-order valence-electron chi connectivity index (χ0n) is 20.7. The van der Waals surface area contributed by atoms with Crippen molar-refractivity contribution >= 4 is 28.9 Å². The fourth-order valence-electron chi connectivity index (χ4n) is 4.53. The van der Waals surface area contributed by atoms with Crippen LogP contribution >= 0.6 is 11.3 Å². The summed E-state index contributed by atoms with van der Waals surface area (Å²) >= 11 is 1.38. The number of nitrogens with zero attached hydrogens (tertiary/aromatic N) is 4. The van der Waals surface area contributed by atoms with Crippen LogP contribution in [0.1, 0.15) is 33.5 Å². The summed E-state index contributed by atoms with van der Waals surface area (Å²) in [6.07, 6.45) is 2.11. The van der Waals surface area contributed by atoms with Gasteiger partial charge in [-0.25, -0.2) is 5.01 Å². The van der Waals surface area contributed by atoms with Gasteiger partial charge in [-0.1, -0.05) is 6.07 Å². The maximum atomic E-state index is 13.7. The van der Waals surface area contributed by atoms with E-state index in [0.29, 0.717) is 43.4 Å². The Morgan fingerprint density at radius 1 is 1.14 bits per heavy atom. The van der Waals surface area contributed by atoms with E-state index in [0.717, 1.165) is 30.1 Å². The molecule has 0 saturated carbocycles. The number of hydrogen-bond donors (Lipinski definition) is 0. The Morgan fingerprint density at radius 2 is 1.95 bits per heavy atom. The average Bonchev–Trinajstić information content (AvgIpc) is 3.73. The second-order valence-electron chi connectivity index (χ2n) is 8.91. The number of hydrogen-bond acceptors (Lipinski definition) is 8. The minimum Gasteiger partial charge on any atom is -0.497 e. The van der Waals surface area contributed by atoms with E-state index in [1.807, 2.05) is 41.8 Å². The molecule has 0 bridgehead atoms. The predicted octanol–water partition coefficient (Wildman–Crippen LogP) is 3.50. The number of morpholine rings is 1. The number of furan rings is 1. The highest BCUT2D eigenvalue weighted by molar-refractivity contribution is 7.12. The number of thiophene rings is 1. The molecule has 1 saturated heterocycles. The Bertz CT molecular complexity index is 1200. The van der Waals surface area contributed by atoms with Gasteiger partial charge < -0.3 is 18.8 Å². The van der Waals surface area contributed by atoms with Gasteiger partial charge in [0.1, 0.15) is 24.1 Å². The van der Waals surface area contributed by atoms with Gasteiger partial charge in [0.2, 0.25) is 0 Å². The van der Waals surface area contributed by atoms with E-state index in [2.05, 4.69) is 4.90 Å². The molecule has 0 aliphatic carbocycles. The molecule has 0 radical (unpaired) electrons. The van der Waals surface area contributed by atoms with Gasteiger partial charge in [0.05, 0.1) is 37.2 Å². The third-order valence-corrected chi connectivity index (χ3v) is 7.45. The third-order valence-electron chi connectivity index (χ3n) is 6.60. The van der Waals surface area contributed by atoms with Gasteiger partial charge in [-0.15, -0.1) is 11.3 Å². The zero-order chi connectivity index (χ0) is 25.6. The number of rotatable bonds is 9. The van der Waals surface area contributed by atoms with Crippen LogP contribution in [0.5, 0.6) is 5.75 Å². The first-order valence-corrected chi connectivity index (χ1v) is 13.2. The summed E-state index contributed by atoms with van der Waals surface area (Å²) in [6, 6.07) is 14.5. The smallest absolute Gasteiger partial charge is 0.264 e. The molecule has 9 nitrogen and oxygen atoms in total. The Kier molecular flexibility index (Phi) is 7.98. The van der Waals surface area contributed by atoms with Crippen molar-refractivity contribution in [2.75, 3.05) is 53.0 Å². The zero-order valence-corrected chi connectivity index (χ0v) is 21.6. The van der Waals surface area contributed by atoms with Crippen LogP contribution in [0, 0.1) is 0 Å². The molecule has 2 aliphatic rings. The number of ether oxygens (including phenoxy) is 2. The molecule has 2 aliphatic heterocycles. The number of carbonyl (C=O) groups excluding carboxylic acids is 2. The number of carbonyl (C=O) groups is 2. The second-order valence-corrected chi connectivity index (χ2v) is 9.85. The van der Waals surface area contributed by atoms with Crippen molar-refractivity contribution in [1.29, 1.82) is 0 Å². The van der Waals surface area contributed by atoms with Crippen LogP contribution in [-0.2, 0) is 9.53 Å². The SMILES string of the molecule is COc1ccc(C2=NN(C(=O)CN(CCN3CCOCC3)C(=O)c3cccs3)[C@H](c3ccco3)C2)cc1. The highest BCUT2D eigenvalue weighted by Gasteiger charge is 2.36. The lowest BCUT2D eigenvalue weighted by atomic mass is 10.0. The summed E-state index contributed by atoms with van der Waals surface area (Å²) in [5, 5.41) is 8.06. The lowest BCUT2D eigenvalue weighted by Gasteiger charge is -2.30. The molecule has 1 aromatic carbocycles. The lowest BCUT2D eigenvalue weighted by Crippen LogP contribution is -2.46. The summed E-state index contributed by atoms with van der Waals surface area (Å²) in [6.45, 7) is 4.04. The van der Waals surface area contributed by atoms with Crippen molar-refractivity contribution in [2.24, 2.45) is 5.10 Å². The number of methoxy groups -OCH3 is 1. The van der Waals surface area contributed by atoms with Gasteiger partial charge in [-0.05, 0) is 53.4 Å². The van der Waals surface area contributed by atoms with E-state index >= 15 is 0 Å². The fourth-order valence-corrected chi connectivity index (χ4v) is 5.22.